The monoisotopic (exact) mass is 638 g/mol. The summed E-state index contributed by atoms with van der Waals surface area (Å²) in [5.41, 5.74) is 13.4. The van der Waals surface area contributed by atoms with Crippen LogP contribution in [0.2, 0.25) is 0 Å². The summed E-state index contributed by atoms with van der Waals surface area (Å²) in [4.78, 5) is 10.1. The molecule has 2 heterocycles. The standard InChI is InChI=1S/C47H30N2O/c1-5-15-31(16-6-1)42-30-43(32-17-7-2-8-18-32)49-46(48-42)33-25-26-37-39-28-38-36-23-13-14-24-40(36)47(34-19-9-3-10-20-34,35-21-11-4-12-22-35)41(38)29-45(39)50-44(37)27-33/h1-30H. The zero-order valence-corrected chi connectivity index (χ0v) is 27.1. The Labute approximate surface area is 290 Å². The number of rotatable bonds is 5. The van der Waals surface area contributed by atoms with Crippen LogP contribution in [0.15, 0.2) is 186 Å². The van der Waals surface area contributed by atoms with Crippen molar-refractivity contribution in [1.29, 1.82) is 0 Å². The normalized spacial score (nSPS) is 13.0. The summed E-state index contributed by atoms with van der Waals surface area (Å²) in [5.74, 6) is 0.663. The molecular formula is C47H30N2O. The van der Waals surface area contributed by atoms with E-state index in [9.17, 15) is 0 Å². The number of aromatic nitrogens is 2. The summed E-state index contributed by atoms with van der Waals surface area (Å²) in [7, 11) is 0. The number of fused-ring (bicyclic) bond motifs is 6. The lowest BCUT2D eigenvalue weighted by Crippen LogP contribution is -2.28. The van der Waals surface area contributed by atoms with E-state index in [1.807, 2.05) is 36.4 Å². The van der Waals surface area contributed by atoms with Crippen molar-refractivity contribution in [2.45, 2.75) is 5.41 Å². The molecule has 0 fully saturated rings. The Morgan fingerprint density at radius 2 is 0.920 bits per heavy atom. The molecule has 1 aliphatic carbocycles. The number of hydrogen-bond donors (Lipinski definition) is 0. The zero-order chi connectivity index (χ0) is 33.1. The number of hydrogen-bond acceptors (Lipinski definition) is 3. The fourth-order valence-electron chi connectivity index (χ4n) is 7.94. The molecule has 10 rings (SSSR count). The fourth-order valence-corrected chi connectivity index (χ4v) is 7.94. The van der Waals surface area contributed by atoms with Crippen LogP contribution in [-0.2, 0) is 5.41 Å². The largest absolute Gasteiger partial charge is 0.456 e. The molecule has 0 N–H and O–H groups in total. The van der Waals surface area contributed by atoms with Gasteiger partial charge >= 0.3 is 0 Å². The van der Waals surface area contributed by atoms with Crippen LogP contribution in [0, 0.1) is 0 Å². The second-order valence-electron chi connectivity index (χ2n) is 12.9. The fraction of sp³-hybridized carbons (Fsp3) is 0.0213. The predicted octanol–water partition coefficient (Wildman–Crippen LogP) is 11.7. The minimum atomic E-state index is -0.480. The predicted molar refractivity (Wildman–Crippen MR) is 203 cm³/mol. The van der Waals surface area contributed by atoms with Gasteiger partial charge in [-0.1, -0.05) is 152 Å². The van der Waals surface area contributed by atoms with Gasteiger partial charge in [0.15, 0.2) is 5.82 Å². The molecule has 0 spiro atoms. The Hall–Kier alpha value is -6.58. The van der Waals surface area contributed by atoms with Gasteiger partial charge in [0, 0.05) is 27.5 Å². The van der Waals surface area contributed by atoms with Crippen LogP contribution in [0.4, 0.5) is 0 Å². The van der Waals surface area contributed by atoms with Gasteiger partial charge in [-0.3, -0.25) is 0 Å². The van der Waals surface area contributed by atoms with E-state index in [0.29, 0.717) is 5.82 Å². The first-order valence-corrected chi connectivity index (χ1v) is 17.0. The highest BCUT2D eigenvalue weighted by atomic mass is 16.3. The summed E-state index contributed by atoms with van der Waals surface area (Å²) in [6.07, 6.45) is 0. The summed E-state index contributed by atoms with van der Waals surface area (Å²) in [6, 6.07) is 64.2. The first kappa shape index (κ1) is 28.4. The highest BCUT2D eigenvalue weighted by Crippen LogP contribution is 2.57. The Morgan fingerprint density at radius 1 is 0.380 bits per heavy atom. The van der Waals surface area contributed by atoms with Gasteiger partial charge in [0.25, 0.3) is 0 Å². The van der Waals surface area contributed by atoms with Crippen molar-refractivity contribution in [1.82, 2.24) is 9.97 Å². The summed E-state index contributed by atoms with van der Waals surface area (Å²) < 4.78 is 6.78. The molecule has 0 bridgehead atoms. The van der Waals surface area contributed by atoms with E-state index in [1.165, 1.54) is 33.4 Å². The molecule has 3 heteroatoms. The lowest BCUT2D eigenvalue weighted by atomic mass is 9.67. The second kappa shape index (κ2) is 11.3. The molecule has 0 unspecified atom stereocenters. The SMILES string of the molecule is c1ccc(-c2cc(-c3ccccc3)nc(-c3ccc4c(c3)oc3cc5c(cc34)-c3ccccc3C5(c3ccccc3)c3ccccc3)n2)cc1. The van der Waals surface area contributed by atoms with E-state index in [4.69, 9.17) is 14.4 Å². The first-order chi connectivity index (χ1) is 24.8. The maximum atomic E-state index is 6.78. The summed E-state index contributed by atoms with van der Waals surface area (Å²) in [5, 5.41) is 2.17. The van der Waals surface area contributed by atoms with Gasteiger partial charge in [0.05, 0.1) is 16.8 Å². The Morgan fingerprint density at radius 3 is 1.54 bits per heavy atom. The average molecular weight is 639 g/mol. The quantitative estimate of drug-likeness (QED) is 0.188. The van der Waals surface area contributed by atoms with Gasteiger partial charge in [-0.2, -0.15) is 0 Å². The van der Waals surface area contributed by atoms with E-state index in [-0.39, 0.29) is 0 Å². The lowest BCUT2D eigenvalue weighted by Gasteiger charge is -2.33. The number of nitrogens with zero attached hydrogens (tertiary/aromatic N) is 2. The van der Waals surface area contributed by atoms with Gasteiger partial charge in [-0.05, 0) is 63.7 Å². The Balaban J connectivity index is 1.18. The van der Waals surface area contributed by atoms with Crippen molar-refractivity contribution in [2.75, 3.05) is 0 Å². The van der Waals surface area contributed by atoms with Crippen molar-refractivity contribution in [3.8, 4) is 45.0 Å². The smallest absolute Gasteiger partial charge is 0.160 e. The van der Waals surface area contributed by atoms with E-state index < -0.39 is 5.41 Å². The molecule has 7 aromatic carbocycles. The molecule has 0 atom stereocenters. The molecule has 0 aliphatic heterocycles. The molecule has 2 aromatic heterocycles. The van der Waals surface area contributed by atoms with Crippen LogP contribution in [-0.4, -0.2) is 9.97 Å². The third-order valence-electron chi connectivity index (χ3n) is 10.2. The van der Waals surface area contributed by atoms with E-state index in [2.05, 4.69) is 146 Å². The van der Waals surface area contributed by atoms with Crippen molar-refractivity contribution in [2.24, 2.45) is 0 Å². The average Bonchev–Trinajstić information content (AvgIpc) is 3.70. The van der Waals surface area contributed by atoms with Crippen LogP contribution in [0.5, 0.6) is 0 Å². The van der Waals surface area contributed by atoms with Gasteiger partial charge in [0.2, 0.25) is 0 Å². The van der Waals surface area contributed by atoms with E-state index in [1.54, 1.807) is 0 Å². The summed E-state index contributed by atoms with van der Waals surface area (Å²) >= 11 is 0. The van der Waals surface area contributed by atoms with Crippen LogP contribution in [0.25, 0.3) is 67.0 Å². The van der Waals surface area contributed by atoms with E-state index in [0.717, 1.165) is 50.0 Å². The molecular weight excluding hydrogens is 609 g/mol. The van der Waals surface area contributed by atoms with Crippen molar-refractivity contribution in [3.05, 3.63) is 204 Å². The maximum Gasteiger partial charge on any atom is 0.160 e. The third kappa shape index (κ3) is 4.30. The minimum Gasteiger partial charge on any atom is -0.456 e. The maximum absolute atomic E-state index is 6.78. The second-order valence-corrected chi connectivity index (χ2v) is 12.9. The van der Waals surface area contributed by atoms with Crippen LogP contribution in [0.3, 0.4) is 0 Å². The summed E-state index contributed by atoms with van der Waals surface area (Å²) in [6.45, 7) is 0. The van der Waals surface area contributed by atoms with Crippen molar-refractivity contribution < 1.29 is 4.42 Å². The molecule has 50 heavy (non-hydrogen) atoms. The lowest BCUT2D eigenvalue weighted by molar-refractivity contribution is 0.666. The van der Waals surface area contributed by atoms with Crippen LogP contribution in [0.1, 0.15) is 22.3 Å². The van der Waals surface area contributed by atoms with Gasteiger partial charge in [-0.15, -0.1) is 0 Å². The van der Waals surface area contributed by atoms with Gasteiger partial charge in [-0.25, -0.2) is 9.97 Å². The Kier molecular flexibility index (Phi) is 6.40. The van der Waals surface area contributed by atoms with Crippen molar-refractivity contribution in [3.63, 3.8) is 0 Å². The molecule has 3 nitrogen and oxygen atoms in total. The third-order valence-corrected chi connectivity index (χ3v) is 10.2. The molecule has 234 valence electrons. The van der Waals surface area contributed by atoms with Gasteiger partial charge < -0.3 is 4.42 Å². The highest BCUT2D eigenvalue weighted by molar-refractivity contribution is 6.09. The molecule has 0 saturated heterocycles. The topological polar surface area (TPSA) is 38.9 Å². The molecule has 0 saturated carbocycles. The zero-order valence-electron chi connectivity index (χ0n) is 27.1. The van der Waals surface area contributed by atoms with Crippen molar-refractivity contribution >= 4 is 21.9 Å². The molecule has 1 aliphatic rings. The first-order valence-electron chi connectivity index (χ1n) is 17.0. The molecule has 9 aromatic rings. The minimum absolute atomic E-state index is 0.480. The molecule has 0 radical (unpaired) electrons. The number of furan rings is 1. The van der Waals surface area contributed by atoms with Gasteiger partial charge in [0.1, 0.15) is 11.2 Å². The van der Waals surface area contributed by atoms with E-state index >= 15 is 0 Å². The highest BCUT2D eigenvalue weighted by Gasteiger charge is 2.46. The van der Waals surface area contributed by atoms with Crippen LogP contribution >= 0.6 is 0 Å². The molecule has 0 amide bonds. The Bertz CT molecular complexity index is 2580. The number of benzene rings is 7. The van der Waals surface area contributed by atoms with Crippen LogP contribution < -0.4 is 0 Å².